The summed E-state index contributed by atoms with van der Waals surface area (Å²) in [6.45, 7) is 0. The van der Waals surface area contributed by atoms with Crippen LogP contribution in [0.15, 0.2) is 54.6 Å². The number of allylic oxidation sites excluding steroid dienone is 1. The fourth-order valence-electron chi connectivity index (χ4n) is 1.68. The van der Waals surface area contributed by atoms with Gasteiger partial charge in [-0.3, -0.25) is 10.1 Å². The molecule has 0 aliphatic carbocycles. The van der Waals surface area contributed by atoms with Gasteiger partial charge in [-0.05, 0) is 17.2 Å². The smallest absolute Gasteiger partial charge is 0.258 e. The van der Waals surface area contributed by atoms with E-state index in [2.05, 4.69) is 6.07 Å². The predicted molar refractivity (Wildman–Crippen MR) is 73.0 cm³/mol. The number of hydrogen-bond donors (Lipinski definition) is 0. The molecule has 2 rings (SSSR count). The van der Waals surface area contributed by atoms with E-state index in [9.17, 15) is 15.4 Å². The number of nitro groups is 1. The maximum absolute atomic E-state index is 10.7. The van der Waals surface area contributed by atoms with Gasteiger partial charge >= 0.3 is 0 Å². The molecule has 4 nitrogen and oxygen atoms in total. The fourth-order valence-corrected chi connectivity index (χ4v) is 1.68. The minimum atomic E-state index is -0.471. The second-order valence-electron chi connectivity index (χ2n) is 3.89. The Morgan fingerprint density at radius 1 is 1.16 bits per heavy atom. The monoisotopic (exact) mass is 250 g/mol. The van der Waals surface area contributed by atoms with Crippen LogP contribution in [0.25, 0.3) is 11.6 Å². The number of hydrogen-bond acceptors (Lipinski definition) is 3. The first-order chi connectivity index (χ1) is 9.20. The quantitative estimate of drug-likeness (QED) is 0.361. The lowest BCUT2D eigenvalue weighted by Crippen LogP contribution is -1.89. The van der Waals surface area contributed by atoms with Gasteiger partial charge in [-0.15, -0.1) is 0 Å². The van der Waals surface area contributed by atoms with Gasteiger partial charge < -0.3 is 0 Å². The summed E-state index contributed by atoms with van der Waals surface area (Å²) < 4.78 is 0. The van der Waals surface area contributed by atoms with E-state index in [1.54, 1.807) is 18.2 Å². The molecule has 0 atom stereocenters. The molecule has 0 saturated carbocycles. The molecular weight excluding hydrogens is 240 g/mol. The lowest BCUT2D eigenvalue weighted by molar-refractivity contribution is -0.384. The third-order valence-corrected chi connectivity index (χ3v) is 2.60. The zero-order chi connectivity index (χ0) is 13.7. The van der Waals surface area contributed by atoms with E-state index >= 15 is 0 Å². The van der Waals surface area contributed by atoms with Crippen molar-refractivity contribution in [3.05, 3.63) is 75.8 Å². The van der Waals surface area contributed by atoms with Crippen molar-refractivity contribution in [3.63, 3.8) is 0 Å². The van der Waals surface area contributed by atoms with Gasteiger partial charge in [0, 0.05) is 12.1 Å². The molecule has 2 aromatic rings. The predicted octanol–water partition coefficient (Wildman–Crippen LogP) is 3.66. The van der Waals surface area contributed by atoms with Crippen LogP contribution in [0.1, 0.15) is 11.1 Å². The normalized spacial score (nSPS) is 10.8. The van der Waals surface area contributed by atoms with Crippen LogP contribution in [0, 0.1) is 21.4 Å². The van der Waals surface area contributed by atoms with Gasteiger partial charge in [0.05, 0.1) is 16.6 Å². The number of nitro benzene ring substituents is 1. The molecule has 92 valence electrons. The summed E-state index contributed by atoms with van der Waals surface area (Å²) in [5.74, 6) is 0. The summed E-state index contributed by atoms with van der Waals surface area (Å²) in [4.78, 5) is 10.3. The largest absolute Gasteiger partial charge is 0.270 e. The molecule has 0 aromatic heterocycles. The third kappa shape index (κ3) is 3.05. The number of rotatable bonds is 3. The highest BCUT2D eigenvalue weighted by molar-refractivity contribution is 5.90. The lowest BCUT2D eigenvalue weighted by atomic mass is 10.0. The molecule has 2 aromatic carbocycles. The Morgan fingerprint density at radius 3 is 2.53 bits per heavy atom. The number of nitriles is 1. The molecular formula is C15H10N2O2. The third-order valence-electron chi connectivity index (χ3n) is 2.60. The molecule has 0 unspecified atom stereocenters. The first-order valence-corrected chi connectivity index (χ1v) is 5.62. The van der Waals surface area contributed by atoms with Crippen molar-refractivity contribution in [2.75, 3.05) is 0 Å². The molecule has 0 fully saturated rings. The van der Waals surface area contributed by atoms with E-state index in [4.69, 9.17) is 0 Å². The van der Waals surface area contributed by atoms with Gasteiger partial charge in [0.25, 0.3) is 5.69 Å². The molecule has 0 amide bonds. The number of nitrogens with zero attached hydrogens (tertiary/aromatic N) is 2. The Labute approximate surface area is 110 Å². The minimum absolute atomic E-state index is 0.0216. The maximum Gasteiger partial charge on any atom is 0.270 e. The van der Waals surface area contributed by atoms with Crippen molar-refractivity contribution in [1.29, 1.82) is 5.26 Å². The summed E-state index contributed by atoms with van der Waals surface area (Å²) >= 11 is 0. The zero-order valence-electron chi connectivity index (χ0n) is 9.98. The van der Waals surface area contributed by atoms with Gasteiger partial charge in [-0.1, -0.05) is 42.5 Å². The van der Waals surface area contributed by atoms with E-state index < -0.39 is 4.92 Å². The molecule has 0 heterocycles. The van der Waals surface area contributed by atoms with E-state index in [1.165, 1.54) is 12.1 Å². The van der Waals surface area contributed by atoms with Crippen molar-refractivity contribution in [1.82, 2.24) is 0 Å². The van der Waals surface area contributed by atoms with Crippen molar-refractivity contribution >= 4 is 17.3 Å². The Morgan fingerprint density at radius 2 is 1.89 bits per heavy atom. The van der Waals surface area contributed by atoms with E-state index in [0.29, 0.717) is 11.1 Å². The summed E-state index contributed by atoms with van der Waals surface area (Å²) in [6.07, 6.45) is 1.71. The standard InChI is InChI=1S/C15H10N2O2/c16-11-14(9-12-5-2-1-3-6-12)13-7-4-8-15(10-13)17(18)19/h1-10H/b14-9-. The van der Waals surface area contributed by atoms with Crippen LogP contribution in [-0.2, 0) is 0 Å². The lowest BCUT2D eigenvalue weighted by Gasteiger charge is -2.00. The maximum atomic E-state index is 10.7. The highest BCUT2D eigenvalue weighted by Crippen LogP contribution is 2.21. The molecule has 0 aliphatic heterocycles. The molecule has 0 spiro atoms. The number of benzene rings is 2. The van der Waals surface area contributed by atoms with Gasteiger partial charge in [0.15, 0.2) is 0 Å². The Kier molecular flexibility index (Phi) is 3.70. The second kappa shape index (κ2) is 5.61. The Balaban J connectivity index is 2.44. The number of non-ortho nitro benzene ring substituents is 1. The Bertz CT molecular complexity index is 670. The average molecular weight is 250 g/mol. The first-order valence-electron chi connectivity index (χ1n) is 5.62. The van der Waals surface area contributed by atoms with Crippen LogP contribution in [0.5, 0.6) is 0 Å². The molecule has 0 bridgehead atoms. The van der Waals surface area contributed by atoms with Gasteiger partial charge in [0.1, 0.15) is 0 Å². The highest BCUT2D eigenvalue weighted by atomic mass is 16.6. The van der Waals surface area contributed by atoms with Crippen LogP contribution in [0.2, 0.25) is 0 Å². The van der Waals surface area contributed by atoms with E-state index in [1.807, 2.05) is 30.3 Å². The average Bonchev–Trinajstić information content (AvgIpc) is 2.46. The SMILES string of the molecule is N#C/C(=C/c1ccccc1)c1cccc([N+](=O)[O-])c1. The highest BCUT2D eigenvalue weighted by Gasteiger charge is 2.08. The summed E-state index contributed by atoms with van der Waals surface area (Å²) in [7, 11) is 0. The van der Waals surface area contributed by atoms with Gasteiger partial charge in [-0.25, -0.2) is 0 Å². The van der Waals surface area contributed by atoms with Crippen molar-refractivity contribution < 1.29 is 4.92 Å². The molecule has 19 heavy (non-hydrogen) atoms. The van der Waals surface area contributed by atoms with Crippen LogP contribution < -0.4 is 0 Å². The van der Waals surface area contributed by atoms with Crippen LogP contribution in [0.4, 0.5) is 5.69 Å². The van der Waals surface area contributed by atoms with Crippen molar-refractivity contribution in [2.24, 2.45) is 0 Å². The second-order valence-corrected chi connectivity index (χ2v) is 3.89. The van der Waals surface area contributed by atoms with Crippen LogP contribution in [0.3, 0.4) is 0 Å². The van der Waals surface area contributed by atoms with Crippen molar-refractivity contribution in [2.45, 2.75) is 0 Å². The van der Waals surface area contributed by atoms with Crippen molar-refractivity contribution in [3.8, 4) is 6.07 Å². The summed E-state index contributed by atoms with van der Waals surface area (Å²) in [5, 5.41) is 19.9. The van der Waals surface area contributed by atoms with Crippen LogP contribution in [-0.4, -0.2) is 4.92 Å². The van der Waals surface area contributed by atoms with E-state index in [-0.39, 0.29) is 5.69 Å². The Hall–Kier alpha value is -2.93. The molecule has 0 saturated heterocycles. The molecule has 0 N–H and O–H groups in total. The summed E-state index contributed by atoms with van der Waals surface area (Å²) in [5.41, 5.74) is 1.80. The van der Waals surface area contributed by atoms with E-state index in [0.717, 1.165) is 5.56 Å². The fraction of sp³-hybridized carbons (Fsp3) is 0. The first kappa shape index (κ1) is 12.5. The van der Waals surface area contributed by atoms with Crippen LogP contribution >= 0.6 is 0 Å². The molecule has 0 aliphatic rings. The molecule has 4 heteroatoms. The summed E-state index contributed by atoms with van der Waals surface area (Å²) in [6, 6.07) is 17.5. The van der Waals surface area contributed by atoms with Gasteiger partial charge in [0.2, 0.25) is 0 Å². The molecule has 0 radical (unpaired) electrons. The minimum Gasteiger partial charge on any atom is -0.258 e. The topological polar surface area (TPSA) is 66.9 Å². The van der Waals surface area contributed by atoms with Gasteiger partial charge in [-0.2, -0.15) is 5.26 Å². The zero-order valence-corrected chi connectivity index (χ0v) is 9.98.